The minimum absolute atomic E-state index is 0. The van der Waals surface area contributed by atoms with Gasteiger partial charge in [0.15, 0.2) is 0 Å². The Labute approximate surface area is 65.5 Å². The molecule has 1 aromatic rings. The van der Waals surface area contributed by atoms with Gasteiger partial charge in [0.05, 0.1) is 0 Å². The summed E-state index contributed by atoms with van der Waals surface area (Å²) in [6.45, 7) is 2.00. The van der Waals surface area contributed by atoms with E-state index in [-0.39, 0.29) is 19.5 Å². The maximum Gasteiger partial charge on any atom is 0.106 e. The molecule has 40 valence electrons. The van der Waals surface area contributed by atoms with Crippen molar-refractivity contribution in [3.8, 4) is 0 Å². The third kappa shape index (κ3) is 5.99. The van der Waals surface area contributed by atoms with Crippen LogP contribution < -0.4 is 0 Å². The van der Waals surface area contributed by atoms with E-state index in [9.17, 15) is 0 Å². The fraction of sp³-hybridized carbons (Fsp3) is 0. The first-order chi connectivity index (χ1) is 3.50. The van der Waals surface area contributed by atoms with Crippen molar-refractivity contribution in [2.75, 3.05) is 0 Å². The van der Waals surface area contributed by atoms with E-state index in [0.717, 1.165) is 0 Å². The average molecular weight is 180 g/mol. The van der Waals surface area contributed by atoms with Crippen molar-refractivity contribution in [3.05, 3.63) is 22.9 Å². The molecular formula is C5H6OSZn. The summed E-state index contributed by atoms with van der Waals surface area (Å²) in [5.41, 5.74) is 0. The Morgan fingerprint density at radius 2 is 1.50 bits per heavy atom. The summed E-state index contributed by atoms with van der Waals surface area (Å²) in [7, 11) is 0. The smallest absolute Gasteiger partial charge is 0.106 e. The van der Waals surface area contributed by atoms with Crippen LogP contribution in [0.2, 0.25) is 0 Å². The van der Waals surface area contributed by atoms with Crippen LogP contribution >= 0.6 is 11.3 Å². The molecule has 0 unspecified atom stereocenters. The maximum atomic E-state index is 8.00. The second-order valence-electron chi connectivity index (χ2n) is 0.793. The molecule has 0 saturated carbocycles. The second kappa shape index (κ2) is 10.1. The fourth-order valence-electron chi connectivity index (χ4n) is 0.227. The summed E-state index contributed by atoms with van der Waals surface area (Å²) in [5, 5.41) is 4.08. The number of carbonyl (C=O) groups is 1. The Kier molecular flexibility index (Phi) is 13.7. The van der Waals surface area contributed by atoms with Gasteiger partial charge in [-0.05, 0) is 10.8 Å². The van der Waals surface area contributed by atoms with Gasteiger partial charge in [-0.25, -0.2) is 0 Å². The number of thiophene rings is 1. The Morgan fingerprint density at radius 1 is 1.12 bits per heavy atom. The van der Waals surface area contributed by atoms with Crippen molar-refractivity contribution in [2.24, 2.45) is 0 Å². The first-order valence-electron chi connectivity index (χ1n) is 1.76. The average Bonchev–Trinajstić information content (AvgIpc) is 2.23. The summed E-state index contributed by atoms with van der Waals surface area (Å²) in [4.78, 5) is 8.00. The van der Waals surface area contributed by atoms with Gasteiger partial charge in [-0.3, -0.25) is 0 Å². The Bertz CT molecular complexity index is 79.3. The van der Waals surface area contributed by atoms with E-state index in [1.54, 1.807) is 11.3 Å². The minimum atomic E-state index is 0. The van der Waals surface area contributed by atoms with Crippen molar-refractivity contribution in [2.45, 2.75) is 0 Å². The first-order valence-corrected chi connectivity index (χ1v) is 2.70. The summed E-state index contributed by atoms with van der Waals surface area (Å²) in [6.07, 6.45) is 0. The third-order valence-electron chi connectivity index (χ3n) is 0.425. The Morgan fingerprint density at radius 3 is 1.62 bits per heavy atom. The summed E-state index contributed by atoms with van der Waals surface area (Å²) in [6, 6.07) is 4.04. The predicted molar refractivity (Wildman–Crippen MR) is 31.4 cm³/mol. The molecule has 0 saturated heterocycles. The van der Waals surface area contributed by atoms with E-state index in [1.807, 2.05) is 29.7 Å². The van der Waals surface area contributed by atoms with Gasteiger partial charge in [-0.1, -0.05) is 12.1 Å². The van der Waals surface area contributed by atoms with E-state index in [0.29, 0.717) is 0 Å². The van der Waals surface area contributed by atoms with Crippen molar-refractivity contribution in [1.29, 1.82) is 0 Å². The topological polar surface area (TPSA) is 17.1 Å². The molecule has 0 spiro atoms. The number of carbonyl (C=O) groups excluding carboxylic acids is 1. The van der Waals surface area contributed by atoms with Crippen molar-refractivity contribution < 1.29 is 24.3 Å². The van der Waals surface area contributed by atoms with Crippen LogP contribution in [0.4, 0.5) is 0 Å². The molecule has 1 nitrogen and oxygen atoms in total. The molecule has 0 amide bonds. The van der Waals surface area contributed by atoms with Crippen LogP contribution in [-0.4, -0.2) is 6.79 Å². The van der Waals surface area contributed by atoms with Crippen molar-refractivity contribution >= 4 is 18.1 Å². The molecule has 1 aromatic heterocycles. The van der Waals surface area contributed by atoms with Gasteiger partial charge in [0.2, 0.25) is 0 Å². The quantitative estimate of drug-likeness (QED) is 0.553. The molecule has 1 rings (SSSR count). The molecular weight excluding hydrogens is 174 g/mol. The number of rotatable bonds is 0. The fourth-order valence-corrected chi connectivity index (χ4v) is 0.680. The molecule has 0 bridgehead atoms. The monoisotopic (exact) mass is 178 g/mol. The van der Waals surface area contributed by atoms with Gasteiger partial charge < -0.3 is 4.79 Å². The van der Waals surface area contributed by atoms with Gasteiger partial charge in [-0.15, -0.1) is 0 Å². The van der Waals surface area contributed by atoms with Crippen LogP contribution in [0.5, 0.6) is 0 Å². The summed E-state index contributed by atoms with van der Waals surface area (Å²) >= 11 is 1.71. The summed E-state index contributed by atoms with van der Waals surface area (Å²) < 4.78 is 0. The van der Waals surface area contributed by atoms with Crippen LogP contribution in [0.15, 0.2) is 22.9 Å². The zero-order chi connectivity index (χ0) is 5.54. The first kappa shape index (κ1) is 10.9. The third-order valence-corrected chi connectivity index (χ3v) is 1.05. The van der Waals surface area contributed by atoms with Crippen LogP contribution in [0.3, 0.4) is 0 Å². The Balaban J connectivity index is 0. The van der Waals surface area contributed by atoms with E-state index in [2.05, 4.69) is 0 Å². The molecule has 0 aliphatic carbocycles. The van der Waals surface area contributed by atoms with Gasteiger partial charge in [0.25, 0.3) is 0 Å². The van der Waals surface area contributed by atoms with Gasteiger partial charge in [0.1, 0.15) is 6.79 Å². The van der Waals surface area contributed by atoms with E-state index < -0.39 is 0 Å². The molecule has 0 aliphatic rings. The van der Waals surface area contributed by atoms with Gasteiger partial charge >= 0.3 is 0 Å². The van der Waals surface area contributed by atoms with Gasteiger partial charge in [-0.2, -0.15) is 11.3 Å². The minimum Gasteiger partial charge on any atom is -0.307 e. The Hall–Kier alpha value is -0.00662. The molecule has 3 heteroatoms. The molecule has 0 aliphatic heterocycles. The van der Waals surface area contributed by atoms with E-state index in [1.165, 1.54) is 0 Å². The molecule has 0 aromatic carbocycles. The van der Waals surface area contributed by atoms with Crippen LogP contribution in [0, 0.1) is 0 Å². The number of hydrogen-bond donors (Lipinski definition) is 0. The maximum absolute atomic E-state index is 8.00. The SMILES string of the molecule is C=O.[Zn].c1ccsc1. The largest absolute Gasteiger partial charge is 0.307 e. The molecule has 1 heterocycles. The molecule has 0 fully saturated rings. The van der Waals surface area contributed by atoms with Crippen LogP contribution in [-0.2, 0) is 24.3 Å². The zero-order valence-corrected chi connectivity index (χ0v) is 8.32. The molecule has 0 atom stereocenters. The van der Waals surface area contributed by atoms with Crippen LogP contribution in [0.1, 0.15) is 0 Å². The molecule has 0 radical (unpaired) electrons. The molecule has 8 heavy (non-hydrogen) atoms. The van der Waals surface area contributed by atoms with Crippen molar-refractivity contribution in [3.63, 3.8) is 0 Å². The second-order valence-corrected chi connectivity index (χ2v) is 1.61. The number of hydrogen-bond acceptors (Lipinski definition) is 2. The van der Waals surface area contributed by atoms with Gasteiger partial charge in [0, 0.05) is 19.5 Å². The zero-order valence-electron chi connectivity index (χ0n) is 4.54. The van der Waals surface area contributed by atoms with E-state index in [4.69, 9.17) is 4.79 Å². The predicted octanol–water partition coefficient (Wildman–Crippen LogP) is 1.56. The van der Waals surface area contributed by atoms with Crippen LogP contribution in [0.25, 0.3) is 0 Å². The molecule has 0 N–H and O–H groups in total. The standard InChI is InChI=1S/C4H4S.CH2O.Zn/c1-2-4-5-3-1;1-2;/h1-4H;1H2;. The van der Waals surface area contributed by atoms with E-state index >= 15 is 0 Å². The summed E-state index contributed by atoms with van der Waals surface area (Å²) in [5.74, 6) is 0. The van der Waals surface area contributed by atoms with Crippen molar-refractivity contribution in [1.82, 2.24) is 0 Å². The normalized spacial score (nSPS) is 5.50.